The van der Waals surface area contributed by atoms with Crippen LogP contribution in [0.3, 0.4) is 0 Å². The zero-order valence-corrected chi connectivity index (χ0v) is 17.9. The maximum absolute atomic E-state index is 5.64. The van der Waals surface area contributed by atoms with Crippen molar-refractivity contribution in [2.24, 2.45) is 10.7 Å². The number of benzene rings is 1. The summed E-state index contributed by atoms with van der Waals surface area (Å²) in [5.74, 6) is 1.74. The van der Waals surface area contributed by atoms with Gasteiger partial charge in [0.15, 0.2) is 0 Å². The van der Waals surface area contributed by atoms with E-state index in [4.69, 9.17) is 10.7 Å². The Balaban J connectivity index is 1.43. The van der Waals surface area contributed by atoms with E-state index >= 15 is 0 Å². The molecular formula is C23H33N7. The van der Waals surface area contributed by atoms with E-state index in [2.05, 4.69) is 62.7 Å². The molecule has 1 aromatic heterocycles. The highest BCUT2D eigenvalue weighted by Crippen LogP contribution is 2.28. The van der Waals surface area contributed by atoms with Crippen molar-refractivity contribution < 1.29 is 0 Å². The lowest BCUT2D eigenvalue weighted by Crippen LogP contribution is -2.45. The summed E-state index contributed by atoms with van der Waals surface area (Å²) in [5, 5.41) is 6.82. The maximum atomic E-state index is 5.64. The Morgan fingerprint density at radius 1 is 1.07 bits per heavy atom. The number of likely N-dealkylation sites (N-methyl/N-ethyl adjacent to an activating group) is 1. The van der Waals surface area contributed by atoms with E-state index in [9.17, 15) is 0 Å². The second-order valence-corrected chi connectivity index (χ2v) is 7.97. The van der Waals surface area contributed by atoms with E-state index in [1.54, 1.807) is 0 Å². The Hall–Kier alpha value is -2.48. The zero-order valence-electron chi connectivity index (χ0n) is 17.9. The quantitative estimate of drug-likeness (QED) is 0.624. The van der Waals surface area contributed by atoms with Gasteiger partial charge >= 0.3 is 0 Å². The van der Waals surface area contributed by atoms with E-state index in [1.165, 1.54) is 29.8 Å². The normalized spacial score (nSPS) is 17.0. The molecule has 0 spiro atoms. The fourth-order valence-electron chi connectivity index (χ4n) is 4.05. The van der Waals surface area contributed by atoms with E-state index < -0.39 is 0 Å². The van der Waals surface area contributed by atoms with Crippen molar-refractivity contribution in [2.75, 3.05) is 56.4 Å². The molecule has 4 N–H and O–H groups in total. The number of aliphatic imine (C=N–C) groups is 1. The fourth-order valence-corrected chi connectivity index (χ4v) is 4.05. The van der Waals surface area contributed by atoms with Gasteiger partial charge in [-0.15, -0.1) is 0 Å². The van der Waals surface area contributed by atoms with Gasteiger partial charge in [0, 0.05) is 69.7 Å². The third kappa shape index (κ3) is 5.16. The summed E-state index contributed by atoms with van der Waals surface area (Å²) < 4.78 is 0. The molecule has 0 atom stereocenters. The first-order valence-electron chi connectivity index (χ1n) is 11.0. The predicted molar refractivity (Wildman–Crippen MR) is 125 cm³/mol. The van der Waals surface area contributed by atoms with Crippen molar-refractivity contribution in [3.8, 4) is 0 Å². The predicted octanol–water partition coefficient (Wildman–Crippen LogP) is 2.46. The summed E-state index contributed by atoms with van der Waals surface area (Å²) in [6.45, 7) is 11.0. The van der Waals surface area contributed by atoms with Crippen LogP contribution in [0.5, 0.6) is 0 Å². The summed E-state index contributed by atoms with van der Waals surface area (Å²) in [6, 6.07) is 10.9. The first kappa shape index (κ1) is 20.8. The molecule has 2 aliphatic heterocycles. The molecule has 3 heterocycles. The van der Waals surface area contributed by atoms with Crippen LogP contribution in [-0.4, -0.2) is 66.8 Å². The van der Waals surface area contributed by atoms with Gasteiger partial charge in [-0.25, -0.2) is 4.98 Å². The fraction of sp³-hybridized carbons (Fsp3) is 0.478. The molecule has 2 aromatic rings. The topological polar surface area (TPSA) is 81.8 Å². The van der Waals surface area contributed by atoms with E-state index in [0.717, 1.165) is 49.9 Å². The van der Waals surface area contributed by atoms with Gasteiger partial charge in [-0.05, 0) is 35.9 Å². The lowest BCUT2D eigenvalue weighted by atomic mass is 10.0. The molecule has 7 nitrogen and oxygen atoms in total. The summed E-state index contributed by atoms with van der Waals surface area (Å²) in [4.78, 5) is 14.3. The minimum absolute atomic E-state index is 0.581. The highest BCUT2D eigenvalue weighted by Gasteiger charge is 2.16. The third-order valence-electron chi connectivity index (χ3n) is 5.89. The molecule has 0 saturated carbocycles. The highest BCUT2D eigenvalue weighted by molar-refractivity contribution is 5.71. The number of anilines is 3. The Morgan fingerprint density at radius 3 is 2.57 bits per heavy atom. The molecule has 2 aliphatic rings. The number of fused-ring (bicyclic) bond motifs is 1. The Kier molecular flexibility index (Phi) is 6.94. The average Bonchev–Trinajstić information content (AvgIpc) is 2.79. The number of pyridine rings is 1. The van der Waals surface area contributed by atoms with Gasteiger partial charge < -0.3 is 21.3 Å². The van der Waals surface area contributed by atoms with Crippen molar-refractivity contribution in [2.45, 2.75) is 26.4 Å². The van der Waals surface area contributed by atoms with E-state index in [0.29, 0.717) is 19.6 Å². The van der Waals surface area contributed by atoms with Gasteiger partial charge in [-0.3, -0.25) is 9.89 Å². The first-order valence-corrected chi connectivity index (χ1v) is 11.0. The molecular weight excluding hydrogens is 374 g/mol. The summed E-state index contributed by atoms with van der Waals surface area (Å²) in [5.41, 5.74) is 10.5. The van der Waals surface area contributed by atoms with Gasteiger partial charge in [0.05, 0.1) is 6.54 Å². The van der Waals surface area contributed by atoms with Gasteiger partial charge in [0.25, 0.3) is 0 Å². The van der Waals surface area contributed by atoms with E-state index in [1.807, 2.05) is 6.21 Å². The molecule has 0 amide bonds. The summed E-state index contributed by atoms with van der Waals surface area (Å²) >= 11 is 0. The Morgan fingerprint density at radius 2 is 1.83 bits per heavy atom. The molecule has 1 aromatic carbocycles. The minimum Gasteiger partial charge on any atom is -0.369 e. The monoisotopic (exact) mass is 407 g/mol. The van der Waals surface area contributed by atoms with Crippen molar-refractivity contribution in [3.05, 3.63) is 47.0 Å². The number of nitrogens with one attached hydrogen (secondary N) is 2. The van der Waals surface area contributed by atoms with Gasteiger partial charge in [0.2, 0.25) is 0 Å². The third-order valence-corrected chi connectivity index (χ3v) is 5.89. The minimum atomic E-state index is 0.581. The van der Waals surface area contributed by atoms with Gasteiger partial charge in [0.1, 0.15) is 11.6 Å². The number of hydrogen-bond acceptors (Lipinski definition) is 7. The molecule has 4 rings (SSSR count). The van der Waals surface area contributed by atoms with Crippen molar-refractivity contribution in [1.82, 2.24) is 14.8 Å². The Labute approximate surface area is 179 Å². The van der Waals surface area contributed by atoms with Crippen LogP contribution in [0.2, 0.25) is 0 Å². The molecule has 0 unspecified atom stereocenters. The second kappa shape index (κ2) is 10.0. The number of hydrogen-bond donors (Lipinski definition) is 3. The summed E-state index contributed by atoms with van der Waals surface area (Å²) in [7, 11) is 0. The number of nitrogens with two attached hydrogens (primary N) is 1. The lowest BCUT2D eigenvalue weighted by Gasteiger charge is -2.34. The standard InChI is InChI=1S/C23H33N7/c1-2-29-11-13-30(14-12-29)17-18-3-5-20(6-4-18)27-23-21-16-25-9-7-19(21)15-22(28-23)26-10-8-24/h3-6,9,15H,2,7-8,10-14,16-17,24H2,1H3,(H2,26,27,28). The molecule has 30 heavy (non-hydrogen) atoms. The molecule has 1 fully saturated rings. The van der Waals surface area contributed by atoms with Crippen LogP contribution < -0.4 is 16.4 Å². The van der Waals surface area contributed by atoms with Crippen LogP contribution in [0.1, 0.15) is 23.6 Å². The van der Waals surface area contributed by atoms with Gasteiger partial charge in [-0.1, -0.05) is 19.1 Å². The lowest BCUT2D eigenvalue weighted by molar-refractivity contribution is 0.132. The Bertz CT molecular complexity index is 855. The highest BCUT2D eigenvalue weighted by atomic mass is 15.3. The van der Waals surface area contributed by atoms with Crippen LogP contribution in [0.15, 0.2) is 35.3 Å². The van der Waals surface area contributed by atoms with Gasteiger partial charge in [-0.2, -0.15) is 0 Å². The molecule has 0 bridgehead atoms. The van der Waals surface area contributed by atoms with Crippen LogP contribution in [0.25, 0.3) is 0 Å². The smallest absolute Gasteiger partial charge is 0.138 e. The van der Waals surface area contributed by atoms with E-state index in [-0.39, 0.29) is 0 Å². The average molecular weight is 408 g/mol. The molecule has 160 valence electrons. The number of piperazine rings is 1. The van der Waals surface area contributed by atoms with Crippen molar-refractivity contribution >= 4 is 23.5 Å². The van der Waals surface area contributed by atoms with Crippen molar-refractivity contribution in [3.63, 3.8) is 0 Å². The molecule has 0 aliphatic carbocycles. The molecule has 1 saturated heterocycles. The summed E-state index contributed by atoms with van der Waals surface area (Å²) in [6.07, 6.45) is 2.82. The largest absolute Gasteiger partial charge is 0.369 e. The number of rotatable bonds is 8. The van der Waals surface area contributed by atoms with Crippen molar-refractivity contribution in [1.29, 1.82) is 0 Å². The van der Waals surface area contributed by atoms with Crippen LogP contribution in [0.4, 0.5) is 17.3 Å². The SMILES string of the molecule is CCN1CCN(Cc2ccc(Nc3nc(NCCN)cc4c3CN=CC4)cc2)CC1. The first-order chi connectivity index (χ1) is 14.7. The van der Waals surface area contributed by atoms with Crippen LogP contribution in [-0.2, 0) is 19.5 Å². The number of aromatic nitrogens is 1. The second-order valence-electron chi connectivity index (χ2n) is 7.97. The number of nitrogens with zero attached hydrogens (tertiary/aromatic N) is 4. The molecule has 7 heteroatoms. The maximum Gasteiger partial charge on any atom is 0.138 e. The zero-order chi connectivity index (χ0) is 20.8. The molecule has 0 radical (unpaired) electrons. The van der Waals surface area contributed by atoms with Crippen LogP contribution >= 0.6 is 0 Å². The van der Waals surface area contributed by atoms with Crippen LogP contribution in [0, 0.1) is 0 Å².